The zero-order valence-electron chi connectivity index (χ0n) is 9.66. The predicted molar refractivity (Wildman–Crippen MR) is 66.5 cm³/mol. The summed E-state index contributed by atoms with van der Waals surface area (Å²) in [5.74, 6) is -0.378. The predicted octanol–water partition coefficient (Wildman–Crippen LogP) is 2.19. The Morgan fingerprint density at radius 3 is 2.56 bits per heavy atom. The lowest BCUT2D eigenvalue weighted by Gasteiger charge is -2.04. The number of anilines is 1. The van der Waals surface area contributed by atoms with Gasteiger partial charge in [0.1, 0.15) is 5.69 Å². The first kappa shape index (κ1) is 11.8. The van der Waals surface area contributed by atoms with Crippen LogP contribution in [-0.4, -0.2) is 15.4 Å². The molecule has 0 radical (unpaired) electrons. The second-order valence-corrected chi connectivity index (χ2v) is 3.77. The number of aryl methyl sites for hydroxylation is 1. The second kappa shape index (κ2) is 4.70. The van der Waals surface area contributed by atoms with Crippen LogP contribution in [0.4, 0.5) is 11.4 Å². The van der Waals surface area contributed by atoms with E-state index in [1.165, 1.54) is 16.8 Å². The van der Waals surface area contributed by atoms with Gasteiger partial charge in [0.25, 0.3) is 11.6 Å². The van der Waals surface area contributed by atoms with Gasteiger partial charge in [0.05, 0.1) is 11.1 Å². The maximum atomic E-state index is 11.9. The first-order valence-electron chi connectivity index (χ1n) is 5.25. The lowest BCUT2D eigenvalue weighted by Crippen LogP contribution is -2.15. The van der Waals surface area contributed by atoms with E-state index in [-0.39, 0.29) is 17.3 Å². The monoisotopic (exact) mass is 245 g/mol. The van der Waals surface area contributed by atoms with Crippen LogP contribution in [0.5, 0.6) is 0 Å². The molecule has 0 saturated carbocycles. The molecule has 2 aromatic rings. The molecule has 1 aromatic carbocycles. The molecule has 18 heavy (non-hydrogen) atoms. The summed E-state index contributed by atoms with van der Waals surface area (Å²) in [6.45, 7) is 0. The van der Waals surface area contributed by atoms with Gasteiger partial charge < -0.3 is 9.88 Å². The van der Waals surface area contributed by atoms with Gasteiger partial charge in [-0.2, -0.15) is 0 Å². The van der Waals surface area contributed by atoms with Gasteiger partial charge in [0, 0.05) is 18.8 Å². The maximum absolute atomic E-state index is 11.9. The van der Waals surface area contributed by atoms with Gasteiger partial charge in [-0.15, -0.1) is 0 Å². The second-order valence-electron chi connectivity index (χ2n) is 3.77. The van der Waals surface area contributed by atoms with Crippen molar-refractivity contribution in [3.63, 3.8) is 0 Å². The molecule has 0 fully saturated rings. The molecule has 0 unspecified atom stereocenters. The zero-order valence-corrected chi connectivity index (χ0v) is 9.66. The molecule has 0 spiro atoms. The van der Waals surface area contributed by atoms with Crippen LogP contribution in [0.15, 0.2) is 42.6 Å². The molecule has 1 amide bonds. The molecule has 0 bridgehead atoms. The third-order valence-electron chi connectivity index (χ3n) is 2.47. The van der Waals surface area contributed by atoms with Gasteiger partial charge in [-0.25, -0.2) is 0 Å². The van der Waals surface area contributed by atoms with Gasteiger partial charge in [-0.3, -0.25) is 14.9 Å². The van der Waals surface area contributed by atoms with Gasteiger partial charge in [0.15, 0.2) is 0 Å². The Morgan fingerprint density at radius 1 is 1.33 bits per heavy atom. The van der Waals surface area contributed by atoms with E-state index in [0.717, 1.165) is 0 Å². The van der Waals surface area contributed by atoms with Crippen molar-refractivity contribution in [1.29, 1.82) is 0 Å². The summed E-state index contributed by atoms with van der Waals surface area (Å²) in [6, 6.07) is 10.2. The third kappa shape index (κ3) is 2.37. The van der Waals surface area contributed by atoms with Crippen molar-refractivity contribution in [2.45, 2.75) is 0 Å². The number of hydrogen-bond donors (Lipinski definition) is 1. The molecule has 1 heterocycles. The minimum atomic E-state index is -0.528. The largest absolute Gasteiger partial charge is 0.340 e. The van der Waals surface area contributed by atoms with Crippen LogP contribution in [0, 0.1) is 10.1 Å². The van der Waals surface area contributed by atoms with Crippen LogP contribution in [-0.2, 0) is 7.05 Å². The van der Waals surface area contributed by atoms with E-state index in [4.69, 9.17) is 0 Å². The quantitative estimate of drug-likeness (QED) is 0.665. The van der Waals surface area contributed by atoms with Crippen LogP contribution < -0.4 is 5.32 Å². The Kier molecular flexibility index (Phi) is 3.09. The van der Waals surface area contributed by atoms with Crippen molar-refractivity contribution in [2.24, 2.45) is 7.05 Å². The van der Waals surface area contributed by atoms with E-state index < -0.39 is 4.92 Å². The number of para-hydroxylation sites is 1. The van der Waals surface area contributed by atoms with Crippen molar-refractivity contribution < 1.29 is 9.72 Å². The van der Waals surface area contributed by atoms with Crippen LogP contribution >= 0.6 is 0 Å². The number of nitrogens with zero attached hydrogens (tertiary/aromatic N) is 2. The standard InChI is InChI=1S/C12H11N3O3/c1-14-8-10(15(17)18)7-11(14)12(16)13-9-5-3-2-4-6-9/h2-8H,1H3,(H,13,16). The molecule has 1 N–H and O–H groups in total. The van der Waals surface area contributed by atoms with E-state index in [1.807, 2.05) is 6.07 Å². The number of carbonyl (C=O) groups excluding carboxylic acids is 1. The van der Waals surface area contributed by atoms with Crippen molar-refractivity contribution in [2.75, 3.05) is 5.32 Å². The van der Waals surface area contributed by atoms with Crippen LogP contribution in [0.3, 0.4) is 0 Å². The van der Waals surface area contributed by atoms with E-state index in [2.05, 4.69) is 5.32 Å². The fourth-order valence-corrected chi connectivity index (χ4v) is 1.59. The number of nitro groups is 1. The van der Waals surface area contributed by atoms with Crippen molar-refractivity contribution in [3.8, 4) is 0 Å². The Bertz CT molecular complexity index is 590. The first-order valence-corrected chi connectivity index (χ1v) is 5.25. The highest BCUT2D eigenvalue weighted by molar-refractivity contribution is 6.03. The van der Waals surface area contributed by atoms with Crippen molar-refractivity contribution in [3.05, 3.63) is 58.4 Å². The van der Waals surface area contributed by atoms with Gasteiger partial charge in [-0.1, -0.05) is 18.2 Å². The summed E-state index contributed by atoms with van der Waals surface area (Å²) in [4.78, 5) is 22.0. The normalized spacial score (nSPS) is 10.1. The summed E-state index contributed by atoms with van der Waals surface area (Å²) < 4.78 is 1.43. The molecule has 0 saturated heterocycles. The molecule has 0 aliphatic heterocycles. The SMILES string of the molecule is Cn1cc([N+](=O)[O-])cc1C(=O)Nc1ccccc1. The summed E-state index contributed by atoms with van der Waals surface area (Å²) in [5, 5.41) is 13.3. The highest BCUT2D eigenvalue weighted by atomic mass is 16.6. The van der Waals surface area contributed by atoms with Gasteiger partial charge >= 0.3 is 0 Å². The average molecular weight is 245 g/mol. The third-order valence-corrected chi connectivity index (χ3v) is 2.47. The average Bonchev–Trinajstić information content (AvgIpc) is 2.73. The minimum Gasteiger partial charge on any atom is -0.340 e. The molecule has 92 valence electrons. The van der Waals surface area contributed by atoms with Gasteiger partial charge in [-0.05, 0) is 12.1 Å². The fourth-order valence-electron chi connectivity index (χ4n) is 1.59. The molecule has 6 heteroatoms. The van der Waals surface area contributed by atoms with E-state index >= 15 is 0 Å². The summed E-state index contributed by atoms with van der Waals surface area (Å²) in [7, 11) is 1.59. The van der Waals surface area contributed by atoms with Crippen molar-refractivity contribution in [1.82, 2.24) is 4.57 Å². The van der Waals surface area contributed by atoms with Crippen LogP contribution in [0.25, 0.3) is 0 Å². The Labute approximate surface area is 103 Å². The molecular formula is C12H11N3O3. The molecule has 2 rings (SSSR count). The molecule has 0 atom stereocenters. The Morgan fingerprint density at radius 2 is 2.00 bits per heavy atom. The number of aromatic nitrogens is 1. The molecule has 0 aliphatic rings. The highest BCUT2D eigenvalue weighted by Gasteiger charge is 2.17. The lowest BCUT2D eigenvalue weighted by molar-refractivity contribution is -0.384. The molecule has 6 nitrogen and oxygen atoms in total. The maximum Gasteiger partial charge on any atom is 0.287 e. The highest BCUT2D eigenvalue weighted by Crippen LogP contribution is 2.16. The van der Waals surface area contributed by atoms with E-state index in [1.54, 1.807) is 31.3 Å². The van der Waals surface area contributed by atoms with Crippen molar-refractivity contribution >= 4 is 17.3 Å². The van der Waals surface area contributed by atoms with E-state index in [0.29, 0.717) is 5.69 Å². The summed E-state index contributed by atoms with van der Waals surface area (Å²) in [5.41, 5.74) is 0.785. The van der Waals surface area contributed by atoms with Gasteiger partial charge in [0.2, 0.25) is 0 Å². The zero-order chi connectivity index (χ0) is 13.1. The summed E-state index contributed by atoms with van der Waals surface area (Å²) >= 11 is 0. The van der Waals surface area contributed by atoms with Crippen LogP contribution in [0.1, 0.15) is 10.5 Å². The molecular weight excluding hydrogens is 234 g/mol. The number of hydrogen-bond acceptors (Lipinski definition) is 3. The Balaban J connectivity index is 2.22. The number of rotatable bonds is 3. The van der Waals surface area contributed by atoms with Crippen LogP contribution in [0.2, 0.25) is 0 Å². The first-order chi connectivity index (χ1) is 8.58. The number of carbonyl (C=O) groups is 1. The lowest BCUT2D eigenvalue weighted by atomic mass is 10.3. The topological polar surface area (TPSA) is 77.2 Å². The number of amides is 1. The Hall–Kier alpha value is -2.63. The van der Waals surface area contributed by atoms with E-state index in [9.17, 15) is 14.9 Å². The molecule has 0 aliphatic carbocycles. The smallest absolute Gasteiger partial charge is 0.287 e. The molecule has 1 aromatic heterocycles. The minimum absolute atomic E-state index is 0.101. The fraction of sp³-hybridized carbons (Fsp3) is 0.0833. The summed E-state index contributed by atoms with van der Waals surface area (Å²) in [6.07, 6.45) is 1.31. The number of benzene rings is 1. The number of nitrogens with one attached hydrogen (secondary N) is 1.